The zero-order valence-electron chi connectivity index (χ0n) is 14.0. The van der Waals surface area contributed by atoms with Crippen LogP contribution >= 0.6 is 18.5 Å². The van der Waals surface area contributed by atoms with Crippen molar-refractivity contribution in [1.82, 2.24) is 0 Å². The predicted molar refractivity (Wildman–Crippen MR) is 113 cm³/mol. The minimum absolute atomic E-state index is 0.245. The van der Waals surface area contributed by atoms with E-state index in [-0.39, 0.29) is 5.88 Å². The Bertz CT molecular complexity index is 728. The average Bonchev–Trinajstić information content (AvgIpc) is 2.71. The first kappa shape index (κ1) is 18.0. The number of halogens is 1. The molecule has 0 radical (unpaired) electrons. The molecule has 3 aromatic carbocycles. The Kier molecular flexibility index (Phi) is 6.15. The maximum atomic E-state index is 10.1. The van der Waals surface area contributed by atoms with E-state index in [1.165, 1.54) is 15.9 Å². The summed E-state index contributed by atoms with van der Waals surface area (Å²) in [6.07, 6.45) is 0.0350. The van der Waals surface area contributed by atoms with Gasteiger partial charge in [-0.1, -0.05) is 96.8 Å². The fourth-order valence-electron chi connectivity index (χ4n) is 3.10. The van der Waals surface area contributed by atoms with E-state index >= 15 is 0 Å². The van der Waals surface area contributed by atoms with Crippen molar-refractivity contribution in [2.24, 2.45) is 0 Å². The molecule has 0 aliphatic rings. The van der Waals surface area contributed by atoms with Crippen molar-refractivity contribution in [2.75, 3.05) is 5.88 Å². The summed E-state index contributed by atoms with van der Waals surface area (Å²) in [6, 6.07) is 31.8. The third-order valence-corrected chi connectivity index (χ3v) is 8.77. The van der Waals surface area contributed by atoms with E-state index in [0.29, 0.717) is 6.42 Å². The smallest absolute Gasteiger partial charge is 0.0710 e. The van der Waals surface area contributed by atoms with Crippen molar-refractivity contribution in [3.05, 3.63) is 91.0 Å². The summed E-state index contributed by atoms with van der Waals surface area (Å²) >= 11 is 5.86. The molecule has 0 bridgehead atoms. The lowest BCUT2D eigenvalue weighted by molar-refractivity contribution is 0.208. The molecular weight excluding hydrogens is 347 g/mol. The molecule has 0 saturated carbocycles. The van der Waals surface area contributed by atoms with Gasteiger partial charge in [-0.05, 0) is 29.2 Å². The first-order chi connectivity index (χ1) is 12.3. The number of alkyl halides is 1. The molecule has 0 spiro atoms. The summed E-state index contributed by atoms with van der Waals surface area (Å²) in [4.78, 5) is 0. The predicted octanol–water partition coefficient (Wildman–Crippen LogP) is 3.77. The molecule has 1 atom stereocenters. The molecule has 0 aromatic heterocycles. The van der Waals surface area contributed by atoms with E-state index in [0.717, 1.165) is 0 Å². The molecule has 3 aromatic rings. The van der Waals surface area contributed by atoms with Crippen LogP contribution in [0.5, 0.6) is 0 Å². The van der Waals surface area contributed by atoms with Crippen molar-refractivity contribution in [2.45, 2.75) is 12.5 Å². The Morgan fingerprint density at radius 3 is 1.40 bits per heavy atom. The SMILES string of the molecule is OC(CCl)CC=P(c1ccccc1)(c1ccccc1)c1ccccc1. The number of hydrogen-bond acceptors (Lipinski definition) is 1. The van der Waals surface area contributed by atoms with Gasteiger partial charge in [0.15, 0.2) is 0 Å². The summed E-state index contributed by atoms with van der Waals surface area (Å²) in [5.74, 6) is 2.55. The number of rotatable bonds is 6. The van der Waals surface area contributed by atoms with Crippen LogP contribution in [0.3, 0.4) is 0 Å². The van der Waals surface area contributed by atoms with E-state index in [4.69, 9.17) is 11.6 Å². The van der Waals surface area contributed by atoms with Crippen molar-refractivity contribution in [3.63, 3.8) is 0 Å². The summed E-state index contributed by atoms with van der Waals surface area (Å²) < 4.78 is 0. The molecular formula is C22H22ClOP. The zero-order chi connectivity index (χ0) is 17.5. The molecule has 0 saturated heterocycles. The molecule has 0 aliphatic heterocycles. The van der Waals surface area contributed by atoms with Crippen molar-refractivity contribution in [1.29, 1.82) is 0 Å². The summed E-state index contributed by atoms with van der Waals surface area (Å²) in [7, 11) is 0. The highest BCUT2D eigenvalue weighted by Gasteiger charge is 2.24. The van der Waals surface area contributed by atoms with E-state index in [1.807, 2.05) is 18.2 Å². The van der Waals surface area contributed by atoms with Crippen LogP contribution in [0.1, 0.15) is 6.42 Å². The van der Waals surface area contributed by atoms with E-state index < -0.39 is 13.0 Å². The Labute approximate surface area is 154 Å². The molecule has 128 valence electrons. The fraction of sp³-hybridized carbons (Fsp3) is 0.136. The maximum absolute atomic E-state index is 10.1. The molecule has 0 amide bonds. The highest BCUT2D eigenvalue weighted by Crippen LogP contribution is 2.43. The lowest BCUT2D eigenvalue weighted by Crippen LogP contribution is -2.27. The largest absolute Gasteiger partial charge is 0.392 e. The normalized spacial score (nSPS) is 12.6. The number of aliphatic hydroxyl groups is 1. The average molecular weight is 369 g/mol. The van der Waals surface area contributed by atoms with Gasteiger partial charge in [-0.3, -0.25) is 0 Å². The first-order valence-corrected chi connectivity index (χ1v) is 10.8. The van der Waals surface area contributed by atoms with Crippen LogP contribution in [-0.4, -0.2) is 22.9 Å². The molecule has 25 heavy (non-hydrogen) atoms. The second-order valence-electron chi connectivity index (χ2n) is 5.96. The van der Waals surface area contributed by atoms with Gasteiger partial charge >= 0.3 is 0 Å². The number of aliphatic hydroxyl groups excluding tert-OH is 1. The standard InChI is InChI=1S/C22H22ClOP/c23-18-19(24)16-17-25(20-10-4-1-5-11-20,21-12-6-2-7-13-21)22-14-8-3-9-15-22/h1-15,17,19,24H,16,18H2. The molecule has 3 rings (SSSR count). The van der Waals surface area contributed by atoms with Crippen LogP contribution in [0.2, 0.25) is 0 Å². The number of hydrogen-bond donors (Lipinski definition) is 1. The van der Waals surface area contributed by atoms with Crippen LogP contribution in [0, 0.1) is 0 Å². The molecule has 1 unspecified atom stereocenters. The Morgan fingerprint density at radius 2 is 1.08 bits per heavy atom. The number of benzene rings is 3. The van der Waals surface area contributed by atoms with Gasteiger partial charge in [-0.15, -0.1) is 11.6 Å². The summed E-state index contributed by atoms with van der Waals surface area (Å²) in [5, 5.41) is 14.0. The topological polar surface area (TPSA) is 20.2 Å². The highest BCUT2D eigenvalue weighted by atomic mass is 35.5. The van der Waals surface area contributed by atoms with Crippen molar-refractivity contribution >= 4 is 40.2 Å². The fourth-order valence-corrected chi connectivity index (χ4v) is 7.24. The van der Waals surface area contributed by atoms with Gasteiger partial charge in [0.05, 0.1) is 6.10 Å². The Morgan fingerprint density at radius 1 is 0.720 bits per heavy atom. The Balaban J connectivity index is 2.32. The molecule has 3 heteroatoms. The molecule has 0 aliphatic carbocycles. The second kappa shape index (κ2) is 8.54. The van der Waals surface area contributed by atoms with E-state index in [1.54, 1.807) is 0 Å². The molecule has 1 N–H and O–H groups in total. The van der Waals surface area contributed by atoms with E-state index in [9.17, 15) is 5.11 Å². The van der Waals surface area contributed by atoms with Gasteiger partial charge in [0.25, 0.3) is 0 Å². The van der Waals surface area contributed by atoms with Crippen molar-refractivity contribution < 1.29 is 5.11 Å². The second-order valence-corrected chi connectivity index (χ2v) is 9.62. The highest BCUT2D eigenvalue weighted by molar-refractivity contribution is 7.94. The van der Waals surface area contributed by atoms with Crippen LogP contribution in [0.25, 0.3) is 0 Å². The summed E-state index contributed by atoms with van der Waals surface area (Å²) in [6.45, 7) is -1.96. The third kappa shape index (κ3) is 3.90. The molecule has 0 fully saturated rings. The minimum Gasteiger partial charge on any atom is -0.392 e. The molecule has 0 heterocycles. The minimum atomic E-state index is -1.96. The molecule has 1 nitrogen and oxygen atoms in total. The van der Waals surface area contributed by atoms with Gasteiger partial charge < -0.3 is 5.11 Å². The van der Waals surface area contributed by atoms with Gasteiger partial charge in [0, 0.05) is 5.88 Å². The van der Waals surface area contributed by atoms with Crippen LogP contribution in [0.4, 0.5) is 0 Å². The van der Waals surface area contributed by atoms with Crippen molar-refractivity contribution in [3.8, 4) is 0 Å². The monoisotopic (exact) mass is 368 g/mol. The third-order valence-electron chi connectivity index (χ3n) is 4.32. The van der Waals surface area contributed by atoms with Crippen LogP contribution < -0.4 is 15.9 Å². The van der Waals surface area contributed by atoms with Crippen LogP contribution in [-0.2, 0) is 0 Å². The first-order valence-electron chi connectivity index (χ1n) is 8.41. The van der Waals surface area contributed by atoms with Gasteiger partial charge in [0.2, 0.25) is 0 Å². The summed E-state index contributed by atoms with van der Waals surface area (Å²) in [5.41, 5.74) is 0. The Hall–Kier alpha value is -1.79. The zero-order valence-corrected chi connectivity index (χ0v) is 15.7. The quantitative estimate of drug-likeness (QED) is 0.518. The van der Waals surface area contributed by atoms with Crippen LogP contribution in [0.15, 0.2) is 91.0 Å². The lowest BCUT2D eigenvalue weighted by atomic mass is 10.3. The van der Waals surface area contributed by atoms with Gasteiger partial charge in [0.1, 0.15) is 0 Å². The van der Waals surface area contributed by atoms with E-state index in [2.05, 4.69) is 78.6 Å². The van der Waals surface area contributed by atoms with Gasteiger partial charge in [-0.2, -0.15) is 0 Å². The maximum Gasteiger partial charge on any atom is 0.0710 e. The lowest BCUT2D eigenvalue weighted by Gasteiger charge is -2.29. The van der Waals surface area contributed by atoms with Gasteiger partial charge in [-0.25, -0.2) is 0 Å².